The number of hydrogen-bond donors (Lipinski definition) is 5. The second-order valence-electron chi connectivity index (χ2n) is 29.6. The van der Waals surface area contributed by atoms with Crippen molar-refractivity contribution in [1.29, 1.82) is 0 Å². The van der Waals surface area contributed by atoms with E-state index in [0.717, 1.165) is 35.5 Å². The van der Waals surface area contributed by atoms with E-state index in [1.165, 1.54) is 124 Å². The number of nitrogens with zero attached hydrogens (tertiary/aromatic N) is 5. The predicted molar refractivity (Wildman–Crippen MR) is 369 cm³/mol. The lowest BCUT2D eigenvalue weighted by Crippen LogP contribution is -2.31. The molecule has 0 saturated carbocycles. The molecule has 0 radical (unpaired) electrons. The number of likely N-dealkylation sites (N-methyl/N-ethyl adjacent to an activating group) is 1. The molecule has 0 spiro atoms. The molecule has 12 heteroatoms. The summed E-state index contributed by atoms with van der Waals surface area (Å²) in [7, 11) is 11.9. The molecule has 2 saturated heterocycles. The highest BCUT2D eigenvalue weighted by atomic mass is 19.1. The molecular formula is C73H120F2N10. The molecule has 2 aliphatic heterocycles. The molecule has 476 valence electrons. The van der Waals surface area contributed by atoms with E-state index in [1.54, 1.807) is 12.1 Å². The highest BCUT2D eigenvalue weighted by Gasteiger charge is 2.16. The first-order valence-electron chi connectivity index (χ1n) is 31.6. The summed E-state index contributed by atoms with van der Waals surface area (Å²) in [5.41, 5.74) is 11.5. The van der Waals surface area contributed by atoms with Crippen LogP contribution in [-0.2, 0) is 32.4 Å². The summed E-state index contributed by atoms with van der Waals surface area (Å²) in [5.74, 6) is -0.295. The number of anilines is 5. The Morgan fingerprint density at radius 3 is 0.988 bits per heavy atom. The molecule has 85 heavy (non-hydrogen) atoms. The highest BCUT2D eigenvalue weighted by Crippen LogP contribution is 2.23. The smallest absolute Gasteiger partial charge is 0.129 e. The Hall–Kier alpha value is -5.24. The van der Waals surface area contributed by atoms with E-state index in [-0.39, 0.29) is 39.3 Å². The molecule has 0 amide bonds. The van der Waals surface area contributed by atoms with E-state index in [0.29, 0.717) is 13.1 Å². The fourth-order valence-electron chi connectivity index (χ4n) is 9.75. The normalized spacial score (nSPS) is 14.2. The second-order valence-corrected chi connectivity index (χ2v) is 29.6. The lowest BCUT2D eigenvalue weighted by molar-refractivity contribution is 0.231. The maximum absolute atomic E-state index is 13.7. The third-order valence-corrected chi connectivity index (χ3v) is 13.5. The Morgan fingerprint density at radius 1 is 0.341 bits per heavy atom. The van der Waals surface area contributed by atoms with Crippen molar-refractivity contribution >= 4 is 28.4 Å². The fraction of sp³-hybridized carbons (Fsp3) is 0.589. The maximum atomic E-state index is 13.7. The molecule has 2 heterocycles. The molecule has 0 aromatic heterocycles. The quantitative estimate of drug-likeness (QED) is 0.0586. The number of likely N-dealkylation sites (tertiary alicyclic amines) is 2. The third kappa shape index (κ3) is 35.9. The average Bonchev–Trinajstić information content (AvgIpc) is 4.06. The first-order valence-corrected chi connectivity index (χ1v) is 31.6. The van der Waals surface area contributed by atoms with Gasteiger partial charge in [-0.05, 0) is 301 Å². The van der Waals surface area contributed by atoms with Crippen LogP contribution in [0.15, 0.2) is 109 Å². The Kier molecular flexibility index (Phi) is 30.9. The van der Waals surface area contributed by atoms with Crippen molar-refractivity contribution in [2.45, 2.75) is 196 Å². The lowest BCUT2D eigenvalue weighted by atomic mass is 10.1. The summed E-state index contributed by atoms with van der Waals surface area (Å²) in [6, 6.07) is 37.1. The van der Waals surface area contributed by atoms with E-state index in [2.05, 4.69) is 232 Å². The molecule has 2 aliphatic rings. The van der Waals surface area contributed by atoms with E-state index in [4.69, 9.17) is 0 Å². The molecule has 0 unspecified atom stereocenters. The lowest BCUT2D eigenvalue weighted by Gasteiger charge is -2.26. The molecule has 7 rings (SSSR count). The van der Waals surface area contributed by atoms with Crippen LogP contribution >= 0.6 is 0 Å². The predicted octanol–water partition coefficient (Wildman–Crippen LogP) is 16.7. The molecule has 2 fully saturated rings. The average molecular weight is 1180 g/mol. The summed E-state index contributed by atoms with van der Waals surface area (Å²) in [6.07, 6.45) is 10.4. The van der Waals surface area contributed by atoms with Gasteiger partial charge in [0, 0.05) is 100.0 Å². The molecule has 10 nitrogen and oxygen atoms in total. The van der Waals surface area contributed by atoms with Crippen molar-refractivity contribution in [2.24, 2.45) is 0 Å². The second kappa shape index (κ2) is 35.5. The van der Waals surface area contributed by atoms with Crippen molar-refractivity contribution in [3.63, 3.8) is 0 Å². The summed E-state index contributed by atoms with van der Waals surface area (Å²) < 4.78 is 27.2. The van der Waals surface area contributed by atoms with Crippen LogP contribution in [-0.4, -0.2) is 140 Å². The van der Waals surface area contributed by atoms with E-state index < -0.39 is 0 Å². The minimum Gasteiger partial charge on any atom is -0.380 e. The van der Waals surface area contributed by atoms with Gasteiger partial charge in [0.1, 0.15) is 11.6 Å². The number of nitrogens with one attached hydrogen (secondary N) is 5. The number of hydrogen-bond acceptors (Lipinski definition) is 10. The topological polar surface area (TPSA) is 76.4 Å². The van der Waals surface area contributed by atoms with E-state index >= 15 is 0 Å². The van der Waals surface area contributed by atoms with Gasteiger partial charge in [-0.25, -0.2) is 8.78 Å². The van der Waals surface area contributed by atoms with Gasteiger partial charge in [0.15, 0.2) is 0 Å². The summed E-state index contributed by atoms with van der Waals surface area (Å²) in [6.45, 7) is 42.0. The van der Waals surface area contributed by atoms with Crippen molar-refractivity contribution in [2.75, 3.05) is 115 Å². The maximum Gasteiger partial charge on any atom is 0.129 e. The van der Waals surface area contributed by atoms with Crippen molar-refractivity contribution < 1.29 is 8.78 Å². The van der Waals surface area contributed by atoms with Crippen LogP contribution in [0.3, 0.4) is 0 Å². The minimum absolute atomic E-state index is 0.00673. The zero-order valence-electron chi connectivity index (χ0n) is 57.4. The standard InChI is InChI=1S/C17H28N2.C16H26N2.C14H24N2.2C13H21FN2/c1-17(2,3)18-16-9-7-15(8-10-16)11-14-19-12-5-4-6-13-19;1-16(2,3)17-15-8-6-14(7-9-15)10-13-18-11-4-5-12-18;1-14(2,3)15-13-8-6-12(7-9-13)10-11-16(4)5;1-13(2,3)15-11-6-7-12(14)10(8-11)9-16(4)5;1-13(2,3)15-11-7-6-10(9-16(4)5)12(14)8-11/h7-10,18H,4-6,11-14H2,1-3H3;6-9,17H,4-5,10-13H2,1-3H3;6-9,15H,10-11H2,1-5H3;2*6-8,15H,9H2,1-5H3. The SMILES string of the molecule is CC(C)(C)Nc1ccc(CCN2CCCC2)cc1.CC(C)(C)Nc1ccc(CCN2CCCCC2)cc1.CN(C)CCc1ccc(NC(C)(C)C)cc1.CN(C)Cc1cc(NC(C)(C)C)ccc1F.CN(C)Cc1ccc(NC(C)(C)C)cc1F. The number of piperidine rings is 1. The van der Waals surface area contributed by atoms with E-state index in [9.17, 15) is 8.78 Å². The Labute approximate surface area is 518 Å². The number of benzene rings is 5. The molecule has 5 aromatic carbocycles. The van der Waals surface area contributed by atoms with Crippen LogP contribution in [0.1, 0.15) is 164 Å². The zero-order valence-corrected chi connectivity index (χ0v) is 57.4. The molecule has 5 N–H and O–H groups in total. The van der Waals surface area contributed by atoms with Gasteiger partial charge in [-0.1, -0.05) is 48.9 Å². The van der Waals surface area contributed by atoms with Crippen LogP contribution < -0.4 is 26.6 Å². The van der Waals surface area contributed by atoms with Crippen molar-refractivity contribution in [1.82, 2.24) is 24.5 Å². The number of halogens is 2. The largest absolute Gasteiger partial charge is 0.380 e. The Morgan fingerprint density at radius 2 is 0.647 bits per heavy atom. The van der Waals surface area contributed by atoms with Crippen LogP contribution in [0, 0.1) is 11.6 Å². The van der Waals surface area contributed by atoms with Gasteiger partial charge in [0.2, 0.25) is 0 Å². The van der Waals surface area contributed by atoms with Gasteiger partial charge in [-0.2, -0.15) is 0 Å². The Balaban J connectivity index is 0.000000279. The van der Waals surface area contributed by atoms with Crippen molar-refractivity contribution in [3.8, 4) is 0 Å². The monoisotopic (exact) mass is 1170 g/mol. The van der Waals surface area contributed by atoms with Gasteiger partial charge in [-0.3, -0.25) is 0 Å². The van der Waals surface area contributed by atoms with Crippen LogP contribution in [0.5, 0.6) is 0 Å². The van der Waals surface area contributed by atoms with E-state index in [1.807, 2.05) is 56.2 Å². The van der Waals surface area contributed by atoms with Crippen LogP contribution in [0.25, 0.3) is 0 Å². The highest BCUT2D eigenvalue weighted by molar-refractivity contribution is 5.50. The van der Waals surface area contributed by atoms with Gasteiger partial charge in [0.25, 0.3) is 0 Å². The zero-order chi connectivity index (χ0) is 63.6. The summed E-state index contributed by atoms with van der Waals surface area (Å²) in [5, 5.41) is 17.0. The summed E-state index contributed by atoms with van der Waals surface area (Å²) in [4.78, 5) is 11.3. The third-order valence-electron chi connectivity index (χ3n) is 13.5. The van der Waals surface area contributed by atoms with Crippen LogP contribution in [0.4, 0.5) is 37.2 Å². The number of rotatable bonds is 18. The fourth-order valence-corrected chi connectivity index (χ4v) is 9.75. The molecule has 5 aromatic rings. The van der Waals surface area contributed by atoms with Gasteiger partial charge < -0.3 is 51.1 Å². The molecule has 0 atom stereocenters. The minimum atomic E-state index is -0.150. The van der Waals surface area contributed by atoms with Gasteiger partial charge in [-0.15, -0.1) is 0 Å². The molecular weight excluding hydrogens is 1050 g/mol. The van der Waals surface area contributed by atoms with Crippen LogP contribution in [0.2, 0.25) is 0 Å². The van der Waals surface area contributed by atoms with Gasteiger partial charge >= 0.3 is 0 Å². The molecule has 0 bridgehead atoms. The first-order chi connectivity index (χ1) is 39.5. The first kappa shape index (κ1) is 74.0. The Bertz CT molecular complexity index is 2580. The summed E-state index contributed by atoms with van der Waals surface area (Å²) >= 11 is 0. The molecule has 0 aliphatic carbocycles. The van der Waals surface area contributed by atoms with Gasteiger partial charge in [0.05, 0.1) is 0 Å². The van der Waals surface area contributed by atoms with Crippen molar-refractivity contribution in [3.05, 3.63) is 149 Å².